The van der Waals surface area contributed by atoms with Crippen molar-refractivity contribution in [2.75, 3.05) is 0 Å². The zero-order valence-electron chi connectivity index (χ0n) is 14.6. The molecule has 0 heterocycles. The average Bonchev–Trinajstić information content (AvgIpc) is 2.53. The van der Waals surface area contributed by atoms with Crippen molar-refractivity contribution in [2.24, 2.45) is 17.8 Å². The zero-order valence-corrected chi connectivity index (χ0v) is 17.1. The monoisotopic (exact) mass is 380 g/mol. The molecule has 1 aliphatic rings. The average molecular weight is 381 g/mol. The Kier molecular flexibility index (Phi) is 5.60. The molecule has 0 unspecified atom stereocenters. The van der Waals surface area contributed by atoms with Crippen molar-refractivity contribution >= 4 is 45.1 Å². The van der Waals surface area contributed by atoms with Gasteiger partial charge >= 0.3 is 6.94 Å². The molecule has 3 atom stereocenters. The largest absolute Gasteiger partial charge is 0.424 e. The molecule has 130 valence electrons. The van der Waals surface area contributed by atoms with Crippen molar-refractivity contribution in [3.05, 3.63) is 42.5 Å². The number of fused-ring (bicyclic) bond motifs is 1. The first-order valence-electron chi connectivity index (χ1n) is 8.92. The third-order valence-corrected chi connectivity index (χ3v) is 8.78. The highest BCUT2D eigenvalue weighted by Gasteiger charge is 2.42. The van der Waals surface area contributed by atoms with Crippen LogP contribution < -0.4 is 5.19 Å². The molecule has 0 bridgehead atoms. The molecule has 3 rings (SSSR count). The van der Waals surface area contributed by atoms with Crippen molar-refractivity contribution in [2.45, 2.75) is 46.1 Å². The first-order chi connectivity index (χ1) is 11.4. The molecule has 1 aliphatic carbocycles. The number of halogens is 2. The van der Waals surface area contributed by atoms with Gasteiger partial charge in [0.1, 0.15) is 0 Å². The fourth-order valence-corrected chi connectivity index (χ4v) is 7.27. The molecule has 1 fully saturated rings. The van der Waals surface area contributed by atoms with Gasteiger partial charge in [-0.2, -0.15) is 0 Å². The van der Waals surface area contributed by atoms with E-state index in [-0.39, 0.29) is 6.10 Å². The minimum atomic E-state index is -3.00. The Labute approximate surface area is 155 Å². The summed E-state index contributed by atoms with van der Waals surface area (Å²) in [4.78, 5) is 0. The topological polar surface area (TPSA) is 9.23 Å². The molecule has 1 saturated carbocycles. The first kappa shape index (κ1) is 18.3. The van der Waals surface area contributed by atoms with Gasteiger partial charge in [0, 0.05) is 5.19 Å². The summed E-state index contributed by atoms with van der Waals surface area (Å²) in [5, 5.41) is 3.25. The van der Waals surface area contributed by atoms with Crippen LogP contribution in [0.2, 0.25) is 0 Å². The maximum atomic E-state index is 6.87. The lowest BCUT2D eigenvalue weighted by Gasteiger charge is -2.39. The highest BCUT2D eigenvalue weighted by atomic mass is 35.7. The van der Waals surface area contributed by atoms with E-state index in [0.717, 1.165) is 22.4 Å². The van der Waals surface area contributed by atoms with Gasteiger partial charge in [-0.25, -0.2) is 0 Å². The van der Waals surface area contributed by atoms with E-state index < -0.39 is 6.94 Å². The highest BCUT2D eigenvalue weighted by Crippen LogP contribution is 2.38. The van der Waals surface area contributed by atoms with Crippen molar-refractivity contribution in [1.82, 2.24) is 0 Å². The molecule has 2 aromatic rings. The van der Waals surface area contributed by atoms with Gasteiger partial charge in [0.15, 0.2) is 0 Å². The van der Waals surface area contributed by atoms with Gasteiger partial charge in [-0.05, 0) is 41.4 Å². The Balaban J connectivity index is 1.91. The Morgan fingerprint density at radius 2 is 1.75 bits per heavy atom. The standard InChI is InChI=1S/C20H26Cl2OSi/c1-14(2)17-12-11-15(3)13-19(17)23-24(21,22)20-10-6-8-16-7-4-5-9-18(16)20/h4-10,14-15,17,19H,11-13H2,1-3H3/t15-,17+,19-/m1/s1. The van der Waals surface area contributed by atoms with Crippen LogP contribution in [0.3, 0.4) is 0 Å². The van der Waals surface area contributed by atoms with E-state index >= 15 is 0 Å². The Bertz CT molecular complexity index is 696. The molecular weight excluding hydrogens is 355 g/mol. The van der Waals surface area contributed by atoms with Crippen LogP contribution in [0.4, 0.5) is 0 Å². The van der Waals surface area contributed by atoms with E-state index in [4.69, 9.17) is 26.6 Å². The van der Waals surface area contributed by atoms with Gasteiger partial charge in [-0.1, -0.05) is 69.7 Å². The van der Waals surface area contributed by atoms with Crippen LogP contribution in [0.15, 0.2) is 42.5 Å². The molecule has 4 heteroatoms. The third kappa shape index (κ3) is 3.82. The van der Waals surface area contributed by atoms with E-state index in [0.29, 0.717) is 17.8 Å². The van der Waals surface area contributed by atoms with E-state index in [1.165, 1.54) is 12.8 Å². The zero-order chi connectivity index (χ0) is 17.3. The lowest BCUT2D eigenvalue weighted by molar-refractivity contribution is 0.0468. The quantitative estimate of drug-likeness (QED) is 0.470. The molecule has 0 aliphatic heterocycles. The highest BCUT2D eigenvalue weighted by molar-refractivity contribution is 7.48. The van der Waals surface area contributed by atoms with Crippen molar-refractivity contribution in [3.8, 4) is 0 Å². The Morgan fingerprint density at radius 1 is 1.04 bits per heavy atom. The van der Waals surface area contributed by atoms with Gasteiger partial charge < -0.3 is 4.43 Å². The minimum Gasteiger partial charge on any atom is -0.386 e. The third-order valence-electron chi connectivity index (χ3n) is 5.36. The van der Waals surface area contributed by atoms with Crippen LogP contribution in [0.1, 0.15) is 40.0 Å². The molecule has 0 N–H and O–H groups in total. The molecule has 1 nitrogen and oxygen atoms in total. The molecule has 0 amide bonds. The fraction of sp³-hybridized carbons (Fsp3) is 0.500. The molecule has 0 aromatic heterocycles. The number of rotatable bonds is 4. The molecule has 24 heavy (non-hydrogen) atoms. The van der Waals surface area contributed by atoms with E-state index in [1.807, 2.05) is 24.3 Å². The molecule has 0 radical (unpaired) electrons. The summed E-state index contributed by atoms with van der Waals surface area (Å²) in [6, 6.07) is 14.4. The van der Waals surface area contributed by atoms with Crippen molar-refractivity contribution in [1.29, 1.82) is 0 Å². The number of hydrogen-bond donors (Lipinski definition) is 0. The number of hydrogen-bond acceptors (Lipinski definition) is 1. The summed E-state index contributed by atoms with van der Waals surface area (Å²) in [6.07, 6.45) is 3.70. The Morgan fingerprint density at radius 3 is 2.50 bits per heavy atom. The predicted octanol–water partition coefficient (Wildman–Crippen LogP) is 5.94. The van der Waals surface area contributed by atoms with Gasteiger partial charge in [-0.3, -0.25) is 0 Å². The van der Waals surface area contributed by atoms with E-state index in [9.17, 15) is 0 Å². The fourth-order valence-electron chi connectivity index (χ4n) is 3.98. The minimum absolute atomic E-state index is 0.161. The van der Waals surface area contributed by atoms with Crippen LogP contribution in [0, 0.1) is 17.8 Å². The van der Waals surface area contributed by atoms with Crippen LogP contribution in [0.25, 0.3) is 10.8 Å². The number of benzene rings is 2. The van der Waals surface area contributed by atoms with Crippen LogP contribution >= 0.6 is 22.2 Å². The SMILES string of the molecule is CC(C)[C@@H]1CC[C@@H](C)C[C@H]1O[Si](Cl)(Cl)c1cccc2ccccc12. The molecule has 0 spiro atoms. The summed E-state index contributed by atoms with van der Waals surface area (Å²) in [5.41, 5.74) is 0. The summed E-state index contributed by atoms with van der Waals surface area (Å²) in [5.74, 6) is 1.81. The van der Waals surface area contributed by atoms with Crippen LogP contribution in [0.5, 0.6) is 0 Å². The van der Waals surface area contributed by atoms with Crippen LogP contribution in [-0.2, 0) is 4.43 Å². The normalized spacial score (nSPS) is 25.3. The second-order valence-corrected chi connectivity index (χ2v) is 13.1. The van der Waals surface area contributed by atoms with E-state index in [2.05, 4.69) is 39.0 Å². The lowest BCUT2D eigenvalue weighted by atomic mass is 9.75. The van der Waals surface area contributed by atoms with Crippen molar-refractivity contribution < 1.29 is 4.43 Å². The summed E-state index contributed by atoms with van der Waals surface area (Å²) in [6.45, 7) is 3.85. The predicted molar refractivity (Wildman–Crippen MR) is 107 cm³/mol. The summed E-state index contributed by atoms with van der Waals surface area (Å²) >= 11 is 13.7. The van der Waals surface area contributed by atoms with Gasteiger partial charge in [0.2, 0.25) is 0 Å². The Hall–Kier alpha value is -0.543. The maximum Gasteiger partial charge on any atom is 0.424 e. The summed E-state index contributed by atoms with van der Waals surface area (Å²) in [7, 11) is 0. The second-order valence-electron chi connectivity index (χ2n) is 7.53. The van der Waals surface area contributed by atoms with Crippen molar-refractivity contribution in [3.63, 3.8) is 0 Å². The maximum absolute atomic E-state index is 6.87. The van der Waals surface area contributed by atoms with Gasteiger partial charge in [0.25, 0.3) is 0 Å². The smallest absolute Gasteiger partial charge is 0.386 e. The van der Waals surface area contributed by atoms with Gasteiger partial charge in [0.05, 0.1) is 6.10 Å². The van der Waals surface area contributed by atoms with Crippen LogP contribution in [-0.4, -0.2) is 13.0 Å². The molecule has 2 aromatic carbocycles. The first-order valence-corrected chi connectivity index (χ1v) is 12.9. The summed E-state index contributed by atoms with van der Waals surface area (Å²) < 4.78 is 6.49. The van der Waals surface area contributed by atoms with Gasteiger partial charge in [-0.15, -0.1) is 22.2 Å². The van der Waals surface area contributed by atoms with E-state index in [1.54, 1.807) is 0 Å². The molecular formula is C20H26Cl2OSi. The lowest BCUT2D eigenvalue weighted by Crippen LogP contribution is -2.47. The second kappa shape index (κ2) is 7.37. The molecule has 0 saturated heterocycles.